The Hall–Kier alpha value is -2.77. The van der Waals surface area contributed by atoms with Crippen LogP contribution in [-0.4, -0.2) is 53.3 Å². The van der Waals surface area contributed by atoms with Gasteiger partial charge in [0.2, 0.25) is 5.91 Å². The van der Waals surface area contributed by atoms with Gasteiger partial charge >= 0.3 is 0 Å². The van der Waals surface area contributed by atoms with Crippen LogP contribution >= 0.6 is 0 Å². The second-order valence-corrected chi connectivity index (χ2v) is 7.40. The van der Waals surface area contributed by atoms with Crippen molar-refractivity contribution >= 4 is 22.6 Å². The number of aromatic nitrogens is 3. The third-order valence-electron chi connectivity index (χ3n) is 5.64. The number of rotatable bonds is 4. The van der Waals surface area contributed by atoms with Gasteiger partial charge in [0, 0.05) is 42.2 Å². The number of ether oxygens (including phenoxy) is 2. The molecule has 0 radical (unpaired) electrons. The van der Waals surface area contributed by atoms with Crippen LogP contribution in [0.2, 0.25) is 0 Å². The number of carbonyl (C=O) groups excluding carboxylic acids is 1. The molecule has 3 aromatic heterocycles. The first-order valence-electron chi connectivity index (χ1n) is 9.58. The number of aromatic amines is 1. The Balaban J connectivity index is 1.41. The minimum absolute atomic E-state index is 0.0304. The first-order valence-corrected chi connectivity index (χ1v) is 9.58. The molecule has 28 heavy (non-hydrogen) atoms. The molecular weight excluding hydrogens is 356 g/mol. The van der Waals surface area contributed by atoms with Crippen molar-refractivity contribution in [3.05, 3.63) is 42.5 Å². The van der Waals surface area contributed by atoms with Gasteiger partial charge in [-0.05, 0) is 31.0 Å². The number of amides is 1. The number of nitrogens with one attached hydrogen (secondary N) is 1. The maximum Gasteiger partial charge on any atom is 0.233 e. The van der Waals surface area contributed by atoms with Gasteiger partial charge in [0.05, 0.1) is 43.2 Å². The van der Waals surface area contributed by atoms with Gasteiger partial charge in [-0.2, -0.15) is 0 Å². The summed E-state index contributed by atoms with van der Waals surface area (Å²) in [4.78, 5) is 26.6. The average molecular weight is 378 g/mol. The molecule has 0 bridgehead atoms. The van der Waals surface area contributed by atoms with Gasteiger partial charge < -0.3 is 19.4 Å². The summed E-state index contributed by atoms with van der Waals surface area (Å²) < 4.78 is 11.3. The molecule has 0 aliphatic carbocycles. The van der Waals surface area contributed by atoms with Gasteiger partial charge in [-0.1, -0.05) is 0 Å². The van der Waals surface area contributed by atoms with Crippen molar-refractivity contribution in [2.45, 2.75) is 31.5 Å². The topological polar surface area (TPSA) is 80.3 Å². The summed E-state index contributed by atoms with van der Waals surface area (Å²) in [5.74, 6) is 0.0799. The number of carbonyl (C=O) groups is 1. The number of nitrogens with zero attached hydrogens (tertiary/aromatic N) is 3. The second-order valence-electron chi connectivity index (χ2n) is 7.40. The molecule has 2 aliphatic heterocycles. The molecule has 1 saturated heterocycles. The molecule has 3 aromatic rings. The van der Waals surface area contributed by atoms with Crippen LogP contribution in [-0.2, 0) is 20.7 Å². The monoisotopic (exact) mass is 378 g/mol. The van der Waals surface area contributed by atoms with E-state index in [1.807, 2.05) is 35.6 Å². The van der Waals surface area contributed by atoms with E-state index < -0.39 is 0 Å². The van der Waals surface area contributed by atoms with E-state index in [9.17, 15) is 4.79 Å². The molecule has 7 nitrogen and oxygen atoms in total. The lowest BCUT2D eigenvalue weighted by Gasteiger charge is -2.31. The lowest BCUT2D eigenvalue weighted by Crippen LogP contribution is -2.40. The predicted molar refractivity (Wildman–Crippen MR) is 105 cm³/mol. The van der Waals surface area contributed by atoms with Crippen molar-refractivity contribution < 1.29 is 14.3 Å². The van der Waals surface area contributed by atoms with Crippen LogP contribution in [0.3, 0.4) is 0 Å². The van der Waals surface area contributed by atoms with E-state index >= 15 is 0 Å². The average Bonchev–Trinajstić information content (AvgIpc) is 3.32. The highest BCUT2D eigenvalue weighted by atomic mass is 16.5. The number of fused-ring (bicyclic) bond motifs is 2. The summed E-state index contributed by atoms with van der Waals surface area (Å²) in [5.41, 5.74) is 4.51. The zero-order valence-electron chi connectivity index (χ0n) is 15.7. The number of methoxy groups -OCH3 is 1. The molecule has 2 atom stereocenters. The van der Waals surface area contributed by atoms with Crippen molar-refractivity contribution in [2.75, 3.05) is 25.2 Å². The van der Waals surface area contributed by atoms with Crippen LogP contribution in [0.4, 0.5) is 5.69 Å². The summed E-state index contributed by atoms with van der Waals surface area (Å²) >= 11 is 0. The van der Waals surface area contributed by atoms with Gasteiger partial charge in [0.1, 0.15) is 5.65 Å². The molecule has 0 aromatic carbocycles. The summed E-state index contributed by atoms with van der Waals surface area (Å²) in [7, 11) is 1.71. The highest BCUT2D eigenvalue weighted by molar-refractivity contribution is 6.01. The number of anilines is 1. The van der Waals surface area contributed by atoms with E-state index in [1.165, 1.54) is 0 Å². The Bertz CT molecular complexity index is 1020. The summed E-state index contributed by atoms with van der Waals surface area (Å²) in [6.07, 6.45) is 7.91. The second kappa shape index (κ2) is 7.00. The first kappa shape index (κ1) is 17.3. The minimum atomic E-state index is 0.0304. The molecule has 1 N–H and O–H groups in total. The third-order valence-corrected chi connectivity index (χ3v) is 5.64. The van der Waals surface area contributed by atoms with Crippen LogP contribution in [0.5, 0.6) is 0 Å². The highest BCUT2D eigenvalue weighted by Crippen LogP contribution is 2.33. The maximum absolute atomic E-state index is 12.6. The fourth-order valence-corrected chi connectivity index (χ4v) is 4.00. The normalized spacial score (nSPS) is 22.0. The number of H-pyrrole nitrogens is 1. The van der Waals surface area contributed by atoms with Crippen molar-refractivity contribution in [1.29, 1.82) is 0 Å². The van der Waals surface area contributed by atoms with E-state index in [-0.39, 0.29) is 18.1 Å². The summed E-state index contributed by atoms with van der Waals surface area (Å²) in [6, 6.07) is 6.12. The molecule has 0 spiro atoms. The summed E-state index contributed by atoms with van der Waals surface area (Å²) in [5, 5.41) is 1.05. The quantitative estimate of drug-likeness (QED) is 0.755. The molecule has 1 amide bonds. The van der Waals surface area contributed by atoms with E-state index in [0.717, 1.165) is 46.4 Å². The van der Waals surface area contributed by atoms with E-state index in [1.54, 1.807) is 7.11 Å². The lowest BCUT2D eigenvalue weighted by atomic mass is 10.1. The van der Waals surface area contributed by atoms with Crippen LogP contribution in [0.1, 0.15) is 18.5 Å². The zero-order chi connectivity index (χ0) is 19.1. The van der Waals surface area contributed by atoms with E-state index in [0.29, 0.717) is 19.6 Å². The van der Waals surface area contributed by atoms with Crippen LogP contribution in [0.25, 0.3) is 22.2 Å². The van der Waals surface area contributed by atoms with Crippen LogP contribution < -0.4 is 4.90 Å². The van der Waals surface area contributed by atoms with Gasteiger partial charge in [0.15, 0.2) is 0 Å². The third kappa shape index (κ3) is 3.06. The molecule has 5 rings (SSSR count). The molecule has 0 unspecified atom stereocenters. The van der Waals surface area contributed by atoms with E-state index in [2.05, 4.69) is 21.0 Å². The smallest absolute Gasteiger partial charge is 0.233 e. The Morgan fingerprint density at radius 2 is 2.11 bits per heavy atom. The Morgan fingerprint density at radius 1 is 1.25 bits per heavy atom. The number of pyridine rings is 2. The molecule has 0 saturated carbocycles. The van der Waals surface area contributed by atoms with Gasteiger partial charge in [-0.15, -0.1) is 0 Å². The molecule has 5 heterocycles. The first-order chi connectivity index (χ1) is 13.7. The zero-order valence-corrected chi connectivity index (χ0v) is 15.7. The number of hydrogen-bond acceptors (Lipinski definition) is 5. The van der Waals surface area contributed by atoms with Gasteiger partial charge in [0.25, 0.3) is 0 Å². The van der Waals surface area contributed by atoms with Crippen LogP contribution in [0, 0.1) is 0 Å². The fourth-order valence-electron chi connectivity index (χ4n) is 4.00. The van der Waals surface area contributed by atoms with Crippen molar-refractivity contribution in [3.8, 4) is 11.1 Å². The Morgan fingerprint density at radius 3 is 2.93 bits per heavy atom. The SMILES string of the molecule is CO[C@H]1CC[C@@H](CN2C(=O)Cc3ncc(-c4cnc5[nH]ccc5c4)cc32)OC1. The van der Waals surface area contributed by atoms with Crippen LogP contribution in [0.15, 0.2) is 36.8 Å². The minimum Gasteiger partial charge on any atom is -0.379 e. The Kier molecular flexibility index (Phi) is 4.33. The maximum atomic E-state index is 12.6. The number of hydrogen-bond donors (Lipinski definition) is 1. The van der Waals surface area contributed by atoms with Gasteiger partial charge in [-0.25, -0.2) is 4.98 Å². The Labute approximate surface area is 162 Å². The predicted octanol–water partition coefficient (Wildman–Crippen LogP) is 2.71. The summed E-state index contributed by atoms with van der Waals surface area (Å²) in [6.45, 7) is 1.14. The molecule has 144 valence electrons. The van der Waals surface area contributed by atoms with Crippen molar-refractivity contribution in [3.63, 3.8) is 0 Å². The van der Waals surface area contributed by atoms with E-state index in [4.69, 9.17) is 9.47 Å². The molecular formula is C21H22N4O3. The highest BCUT2D eigenvalue weighted by Gasteiger charge is 2.32. The molecule has 7 heteroatoms. The molecule has 1 fully saturated rings. The largest absolute Gasteiger partial charge is 0.379 e. The fraction of sp³-hybridized carbons (Fsp3) is 0.381. The van der Waals surface area contributed by atoms with Gasteiger partial charge in [-0.3, -0.25) is 9.78 Å². The van der Waals surface area contributed by atoms with Crippen molar-refractivity contribution in [2.24, 2.45) is 0 Å². The lowest BCUT2D eigenvalue weighted by molar-refractivity contribution is -0.118. The standard InChI is InChI=1S/C21H22N4O3/c1-27-17-3-2-16(28-12-17)11-25-19-7-15(9-23-18(19)8-20(25)26)14-6-13-4-5-22-21(13)24-10-14/h4-7,9-10,16-17H,2-3,8,11-12H2,1H3,(H,22,24)/t16-,17-/m0/s1. The molecule has 2 aliphatic rings. The van der Waals surface area contributed by atoms with Crippen molar-refractivity contribution in [1.82, 2.24) is 15.0 Å².